The van der Waals surface area contributed by atoms with Crippen LogP contribution in [0.25, 0.3) is 0 Å². The molecule has 3 fully saturated rings. The van der Waals surface area contributed by atoms with Gasteiger partial charge < -0.3 is 89.9 Å². The molecule has 17 atom stereocenters. The predicted octanol–water partition coefficient (Wildman–Crippen LogP) is 14.7. The Morgan fingerprint density at radius 3 is 0.980 bits per heavy atom. The maximum Gasteiger partial charge on any atom is 0.220 e. The molecule has 19 heteroatoms. The van der Waals surface area contributed by atoms with Gasteiger partial charge in [-0.05, 0) is 44.9 Å². The molecule has 1 amide bonds. The fourth-order valence-corrected chi connectivity index (χ4v) is 14.4. The molecule has 12 N–H and O–H groups in total. The summed E-state index contributed by atoms with van der Waals surface area (Å²) in [6.45, 7) is 1.77. The summed E-state index contributed by atoms with van der Waals surface area (Å²) in [4.78, 5) is 13.5. The molecule has 0 aliphatic carbocycles. The Labute approximate surface area is 619 Å². The number of nitrogens with one attached hydrogen (secondary N) is 1. The van der Waals surface area contributed by atoms with Crippen LogP contribution in [0.1, 0.15) is 354 Å². The number of amides is 1. The second-order valence-corrected chi connectivity index (χ2v) is 30.3. The Morgan fingerprint density at radius 1 is 0.343 bits per heavy atom. The first-order valence-corrected chi connectivity index (χ1v) is 42.2. The minimum Gasteiger partial charge on any atom is -0.394 e. The average molecular weight is 1460 g/mol. The molecule has 3 aliphatic rings. The summed E-state index contributed by atoms with van der Waals surface area (Å²) in [5.41, 5.74) is 0. The first-order chi connectivity index (χ1) is 49.8. The zero-order valence-electron chi connectivity index (χ0n) is 64.4. The van der Waals surface area contributed by atoms with Gasteiger partial charge in [0.25, 0.3) is 0 Å². The van der Waals surface area contributed by atoms with Crippen LogP contribution in [-0.2, 0) is 33.2 Å². The third kappa shape index (κ3) is 43.3. The van der Waals surface area contributed by atoms with Gasteiger partial charge in [0, 0.05) is 6.42 Å². The number of unbranched alkanes of at least 4 members (excludes halogenated alkanes) is 48. The summed E-state index contributed by atoms with van der Waals surface area (Å²) in [6, 6.07) is -0.996. The van der Waals surface area contributed by atoms with Gasteiger partial charge in [-0.2, -0.15) is 0 Å². The number of ether oxygens (including phenoxy) is 6. The average Bonchev–Trinajstić information content (AvgIpc) is 0.767. The molecule has 102 heavy (non-hydrogen) atoms. The number of rotatable bonds is 68. The number of aliphatic hydroxyl groups is 11. The lowest BCUT2D eigenvalue weighted by molar-refractivity contribution is -0.379. The van der Waals surface area contributed by atoms with Crippen molar-refractivity contribution in [1.29, 1.82) is 0 Å². The summed E-state index contributed by atoms with van der Waals surface area (Å²) in [6.07, 6.45) is 52.9. The highest BCUT2D eigenvalue weighted by Crippen LogP contribution is 2.33. The highest BCUT2D eigenvalue weighted by atomic mass is 16.8. The molecule has 0 saturated carbocycles. The van der Waals surface area contributed by atoms with Crippen molar-refractivity contribution in [1.82, 2.24) is 5.32 Å². The van der Waals surface area contributed by atoms with Gasteiger partial charge in [0.1, 0.15) is 73.2 Å². The van der Waals surface area contributed by atoms with E-state index in [2.05, 4.69) is 43.5 Å². The van der Waals surface area contributed by atoms with E-state index in [1.807, 2.05) is 6.08 Å². The molecule has 3 saturated heterocycles. The zero-order chi connectivity index (χ0) is 73.9. The third-order valence-electron chi connectivity index (χ3n) is 21.2. The lowest BCUT2D eigenvalue weighted by atomic mass is 9.96. The molecule has 3 aliphatic heterocycles. The lowest BCUT2D eigenvalue weighted by Gasteiger charge is -2.48. The Hall–Kier alpha value is -1.99. The molecule has 17 unspecified atom stereocenters. The van der Waals surface area contributed by atoms with Crippen molar-refractivity contribution in [2.75, 3.05) is 26.4 Å². The van der Waals surface area contributed by atoms with E-state index < -0.39 is 124 Å². The van der Waals surface area contributed by atoms with Crippen LogP contribution < -0.4 is 5.32 Å². The number of carbonyl (C=O) groups is 1. The van der Waals surface area contributed by atoms with Gasteiger partial charge in [-0.15, -0.1) is 0 Å². The quantitative estimate of drug-likeness (QED) is 0.0199. The van der Waals surface area contributed by atoms with Gasteiger partial charge >= 0.3 is 0 Å². The van der Waals surface area contributed by atoms with Crippen LogP contribution in [0.3, 0.4) is 0 Å². The van der Waals surface area contributed by atoms with Crippen molar-refractivity contribution < 1.29 is 89.4 Å². The van der Waals surface area contributed by atoms with Crippen LogP contribution in [-0.4, -0.2) is 193 Å². The van der Waals surface area contributed by atoms with Crippen molar-refractivity contribution in [3.63, 3.8) is 0 Å². The zero-order valence-corrected chi connectivity index (χ0v) is 64.4. The van der Waals surface area contributed by atoms with Crippen molar-refractivity contribution >= 4 is 5.91 Å². The molecule has 3 heterocycles. The van der Waals surface area contributed by atoms with E-state index >= 15 is 0 Å². The lowest BCUT2D eigenvalue weighted by Crippen LogP contribution is -2.66. The molecule has 0 aromatic heterocycles. The van der Waals surface area contributed by atoms with Gasteiger partial charge in [0.05, 0.1) is 38.6 Å². The highest BCUT2D eigenvalue weighted by molar-refractivity contribution is 5.76. The van der Waals surface area contributed by atoms with Crippen LogP contribution in [0, 0.1) is 0 Å². The second kappa shape index (κ2) is 63.9. The molecule has 0 radical (unpaired) electrons. The number of hydrogen-bond acceptors (Lipinski definition) is 18. The third-order valence-corrected chi connectivity index (χ3v) is 21.2. The summed E-state index contributed by atoms with van der Waals surface area (Å²) in [7, 11) is 0. The summed E-state index contributed by atoms with van der Waals surface area (Å²) < 4.78 is 34.5. The van der Waals surface area contributed by atoms with E-state index in [0.29, 0.717) is 12.8 Å². The van der Waals surface area contributed by atoms with Crippen LogP contribution in [0.2, 0.25) is 0 Å². The Bertz CT molecular complexity index is 1980. The second-order valence-electron chi connectivity index (χ2n) is 30.3. The first-order valence-electron chi connectivity index (χ1n) is 42.2. The first kappa shape index (κ1) is 94.2. The van der Waals surface area contributed by atoms with E-state index in [4.69, 9.17) is 28.4 Å². The minimum atomic E-state index is -1.98. The predicted molar refractivity (Wildman–Crippen MR) is 406 cm³/mol. The Morgan fingerprint density at radius 2 is 0.627 bits per heavy atom. The van der Waals surface area contributed by atoms with Crippen LogP contribution in [0.15, 0.2) is 36.5 Å². The molecule has 0 spiro atoms. The topological polar surface area (TPSA) is 307 Å². The molecular formula is C83H155NO18. The van der Waals surface area contributed by atoms with Crippen molar-refractivity contribution in [3.05, 3.63) is 36.5 Å². The Kier molecular flexibility index (Phi) is 59.0. The minimum absolute atomic E-state index is 0.236. The maximum atomic E-state index is 13.5. The number of allylic oxidation sites excluding steroid dienone is 5. The van der Waals surface area contributed by atoms with Crippen molar-refractivity contribution in [2.24, 2.45) is 0 Å². The van der Waals surface area contributed by atoms with E-state index in [1.165, 1.54) is 276 Å². The summed E-state index contributed by atoms with van der Waals surface area (Å²) in [5.74, 6) is -0.282. The largest absolute Gasteiger partial charge is 0.394 e. The van der Waals surface area contributed by atoms with Gasteiger partial charge in [-0.1, -0.05) is 339 Å². The monoisotopic (exact) mass is 1450 g/mol. The molecule has 0 aromatic rings. The van der Waals surface area contributed by atoms with Gasteiger partial charge in [0.2, 0.25) is 5.91 Å². The Balaban J connectivity index is 1.38. The molecule has 0 aromatic carbocycles. The van der Waals surface area contributed by atoms with E-state index in [-0.39, 0.29) is 18.9 Å². The van der Waals surface area contributed by atoms with Crippen LogP contribution in [0.5, 0.6) is 0 Å². The summed E-state index contributed by atoms with van der Waals surface area (Å²) in [5, 5.41) is 121. The summed E-state index contributed by atoms with van der Waals surface area (Å²) >= 11 is 0. The fraction of sp³-hybridized carbons (Fsp3) is 0.916. The standard InChI is InChI=1S/C83H155NO18/c1-3-5-7-9-11-13-15-17-19-21-23-25-27-29-31-32-33-35-36-38-40-42-44-46-48-50-52-54-56-58-60-67(88)66(84-71(89)61-59-57-55-53-51-49-47-45-43-41-39-37-34-30-28-26-24-22-20-18-16-14-12-10-8-6-4-2)65-97-81-77(95)74(92)79(69(63-86)99-81)102-83-78(96)75(93)80(70(64-87)100-83)101-82-76(94)73(91)72(90)68(62-85)98-82/h42,44,50,52,58,60,66-70,72-83,85-88,90-96H,3-41,43,45-49,51,53-57,59,61-65H2,1-2H3,(H,84,89)/b44-42+,52-50+,60-58+. The molecule has 0 bridgehead atoms. The number of hydrogen-bond donors (Lipinski definition) is 12. The van der Waals surface area contributed by atoms with E-state index in [0.717, 1.165) is 44.9 Å². The molecular weight excluding hydrogens is 1300 g/mol. The SMILES string of the molecule is CCCCCCCCCCCCCCCCCCCCCC/C=C/CC/C=C/CC/C=C/C(O)C(COC1OC(CO)C(OC2OC(CO)C(OC3OC(CO)C(O)C(O)C3O)C(O)C2O)C(O)C1O)NC(=O)CCCCCCCCCCCCCCCCCCCCCCCCCCCCC. The molecule has 19 nitrogen and oxygen atoms in total. The van der Waals surface area contributed by atoms with E-state index in [9.17, 15) is 61.0 Å². The normalized spacial score (nSPS) is 26.3. The van der Waals surface area contributed by atoms with Gasteiger partial charge in [-0.3, -0.25) is 4.79 Å². The smallest absolute Gasteiger partial charge is 0.220 e. The van der Waals surface area contributed by atoms with E-state index in [1.54, 1.807) is 6.08 Å². The van der Waals surface area contributed by atoms with Gasteiger partial charge in [-0.25, -0.2) is 0 Å². The van der Waals surface area contributed by atoms with Crippen molar-refractivity contribution in [2.45, 2.75) is 458 Å². The number of aliphatic hydroxyl groups excluding tert-OH is 11. The maximum absolute atomic E-state index is 13.5. The van der Waals surface area contributed by atoms with Crippen LogP contribution >= 0.6 is 0 Å². The fourth-order valence-electron chi connectivity index (χ4n) is 14.4. The van der Waals surface area contributed by atoms with Crippen LogP contribution in [0.4, 0.5) is 0 Å². The molecule has 600 valence electrons. The van der Waals surface area contributed by atoms with Crippen molar-refractivity contribution in [3.8, 4) is 0 Å². The molecule has 3 rings (SSSR count). The van der Waals surface area contributed by atoms with Gasteiger partial charge in [0.15, 0.2) is 18.9 Å². The highest BCUT2D eigenvalue weighted by Gasteiger charge is 2.54. The number of carbonyl (C=O) groups excluding carboxylic acids is 1.